The molecular formula is C35H46FN3O4. The minimum absolute atomic E-state index is 0.0899. The zero-order valence-corrected chi connectivity index (χ0v) is 25.8. The maximum atomic E-state index is 14.6. The van der Waals surface area contributed by atoms with Crippen molar-refractivity contribution in [3.05, 3.63) is 59.4 Å². The number of carboxylic acid groups (broad SMARTS) is 1. The number of hydrogen-bond donors (Lipinski definition) is 1. The van der Waals surface area contributed by atoms with Crippen LogP contribution in [0, 0.1) is 23.1 Å². The van der Waals surface area contributed by atoms with E-state index >= 15 is 0 Å². The Kier molecular flexibility index (Phi) is 8.42. The van der Waals surface area contributed by atoms with Crippen molar-refractivity contribution >= 4 is 17.6 Å². The van der Waals surface area contributed by atoms with Crippen molar-refractivity contribution in [1.29, 1.82) is 0 Å². The van der Waals surface area contributed by atoms with E-state index in [-0.39, 0.29) is 35.4 Å². The summed E-state index contributed by atoms with van der Waals surface area (Å²) in [5, 5.41) is 9.46. The fourth-order valence-electron chi connectivity index (χ4n) is 8.48. The van der Waals surface area contributed by atoms with Crippen LogP contribution in [-0.2, 0) is 9.59 Å². The van der Waals surface area contributed by atoms with Crippen LogP contribution in [0.15, 0.2) is 42.5 Å². The SMILES string of the molecule is COc1ccc([C@@H]2CN(C3CCCC3)CC2(C)C(=O)N2CC(c3ccc(F)cc3N3CCC(C(=O)O)CC3)[C@@H](C)C2)cc1. The Morgan fingerprint density at radius 2 is 1.67 bits per heavy atom. The molecule has 3 saturated heterocycles. The number of benzene rings is 2. The molecule has 4 atom stereocenters. The second kappa shape index (κ2) is 12.1. The van der Waals surface area contributed by atoms with Crippen LogP contribution >= 0.6 is 0 Å². The van der Waals surface area contributed by atoms with Crippen molar-refractivity contribution in [3.8, 4) is 5.75 Å². The highest BCUT2D eigenvalue weighted by molar-refractivity contribution is 5.85. The summed E-state index contributed by atoms with van der Waals surface area (Å²) in [7, 11) is 1.68. The third-order valence-corrected chi connectivity index (χ3v) is 11.0. The van der Waals surface area contributed by atoms with Gasteiger partial charge < -0.3 is 19.6 Å². The average molecular weight is 592 g/mol. The second-order valence-electron chi connectivity index (χ2n) is 13.7. The van der Waals surface area contributed by atoms with Gasteiger partial charge in [0, 0.05) is 62.8 Å². The molecule has 232 valence electrons. The van der Waals surface area contributed by atoms with Gasteiger partial charge in [-0.2, -0.15) is 0 Å². The number of methoxy groups -OCH3 is 1. The highest BCUT2D eigenvalue weighted by Gasteiger charge is 2.53. The van der Waals surface area contributed by atoms with E-state index in [0.29, 0.717) is 45.1 Å². The van der Waals surface area contributed by atoms with E-state index < -0.39 is 11.4 Å². The van der Waals surface area contributed by atoms with Crippen molar-refractivity contribution in [2.45, 2.75) is 70.3 Å². The summed E-state index contributed by atoms with van der Waals surface area (Å²) in [5.41, 5.74) is 2.56. The first kappa shape index (κ1) is 29.9. The monoisotopic (exact) mass is 591 g/mol. The van der Waals surface area contributed by atoms with E-state index in [1.54, 1.807) is 13.2 Å². The Morgan fingerprint density at radius 3 is 2.33 bits per heavy atom. The fourth-order valence-corrected chi connectivity index (χ4v) is 8.48. The van der Waals surface area contributed by atoms with Gasteiger partial charge in [-0.05, 0) is 73.9 Å². The number of carboxylic acids is 1. The standard InChI is InChI=1S/C35H46FN3O4/c1-23-19-38(20-30(23)29-13-10-26(36)18-32(29)37-16-14-25(15-17-37)33(40)41)34(42)35(2)22-39(27-6-4-5-7-27)21-31(35)24-8-11-28(43-3)12-9-24/h8-13,18,23,25,27,30-31H,4-7,14-17,19-22H2,1-3H3,(H,40,41)/t23-,30?,31-,35?/m0/s1. The Balaban J connectivity index is 1.25. The Morgan fingerprint density at radius 1 is 0.977 bits per heavy atom. The molecule has 1 aliphatic carbocycles. The molecule has 1 saturated carbocycles. The third kappa shape index (κ3) is 5.75. The first-order chi connectivity index (χ1) is 20.7. The van der Waals surface area contributed by atoms with Crippen molar-refractivity contribution < 1.29 is 23.8 Å². The van der Waals surface area contributed by atoms with Crippen LogP contribution in [0.25, 0.3) is 0 Å². The van der Waals surface area contributed by atoms with E-state index in [0.717, 1.165) is 30.1 Å². The number of amides is 1. The molecule has 1 N–H and O–H groups in total. The lowest BCUT2D eigenvalue weighted by Crippen LogP contribution is -2.46. The molecule has 2 aromatic rings. The predicted molar refractivity (Wildman–Crippen MR) is 165 cm³/mol. The normalized spacial score (nSPS) is 29.0. The summed E-state index contributed by atoms with van der Waals surface area (Å²) in [4.78, 5) is 33.0. The number of halogens is 1. The van der Waals surface area contributed by atoms with Gasteiger partial charge in [0.25, 0.3) is 0 Å². The van der Waals surface area contributed by atoms with Crippen LogP contribution < -0.4 is 9.64 Å². The van der Waals surface area contributed by atoms with E-state index in [4.69, 9.17) is 4.74 Å². The number of anilines is 1. The van der Waals surface area contributed by atoms with Gasteiger partial charge in [-0.25, -0.2) is 4.39 Å². The number of hydrogen-bond acceptors (Lipinski definition) is 5. The molecular weight excluding hydrogens is 545 g/mol. The molecule has 2 unspecified atom stereocenters. The zero-order chi connectivity index (χ0) is 30.3. The van der Waals surface area contributed by atoms with Crippen LogP contribution in [0.2, 0.25) is 0 Å². The lowest BCUT2D eigenvalue weighted by Gasteiger charge is -2.35. The molecule has 43 heavy (non-hydrogen) atoms. The molecule has 4 aliphatic rings. The summed E-state index contributed by atoms with van der Waals surface area (Å²) in [6.07, 6.45) is 6.05. The maximum absolute atomic E-state index is 14.6. The van der Waals surface area contributed by atoms with E-state index in [9.17, 15) is 19.1 Å². The maximum Gasteiger partial charge on any atom is 0.306 e. The van der Waals surface area contributed by atoms with Crippen molar-refractivity contribution in [3.63, 3.8) is 0 Å². The summed E-state index contributed by atoms with van der Waals surface area (Å²) >= 11 is 0. The Labute approximate surface area is 255 Å². The molecule has 2 aromatic carbocycles. The van der Waals surface area contributed by atoms with Crippen LogP contribution in [0.3, 0.4) is 0 Å². The van der Waals surface area contributed by atoms with Crippen LogP contribution in [-0.4, -0.2) is 79.2 Å². The number of likely N-dealkylation sites (tertiary alicyclic amines) is 2. The summed E-state index contributed by atoms with van der Waals surface area (Å²) < 4.78 is 20.0. The van der Waals surface area contributed by atoms with Gasteiger partial charge >= 0.3 is 5.97 Å². The van der Waals surface area contributed by atoms with Gasteiger partial charge in [0.1, 0.15) is 11.6 Å². The van der Waals surface area contributed by atoms with Gasteiger partial charge in [0.2, 0.25) is 5.91 Å². The number of aliphatic carboxylic acids is 1. The topological polar surface area (TPSA) is 73.3 Å². The number of nitrogens with zero attached hydrogens (tertiary/aromatic N) is 3. The van der Waals surface area contributed by atoms with Gasteiger partial charge in [-0.15, -0.1) is 0 Å². The molecule has 1 amide bonds. The van der Waals surface area contributed by atoms with Crippen LogP contribution in [0.1, 0.15) is 75.3 Å². The number of carbonyl (C=O) groups is 2. The quantitative estimate of drug-likeness (QED) is 0.443. The lowest BCUT2D eigenvalue weighted by atomic mass is 9.75. The molecule has 0 aromatic heterocycles. The van der Waals surface area contributed by atoms with Gasteiger partial charge in [0.15, 0.2) is 0 Å². The fraction of sp³-hybridized carbons (Fsp3) is 0.600. The third-order valence-electron chi connectivity index (χ3n) is 11.0. The first-order valence-electron chi connectivity index (χ1n) is 16.1. The number of ether oxygens (including phenoxy) is 1. The molecule has 4 fully saturated rings. The highest BCUT2D eigenvalue weighted by Crippen LogP contribution is 2.48. The molecule has 0 radical (unpaired) electrons. The number of rotatable bonds is 7. The Bertz CT molecular complexity index is 1320. The van der Waals surface area contributed by atoms with E-state index in [1.807, 2.05) is 18.2 Å². The molecule has 7 nitrogen and oxygen atoms in total. The highest BCUT2D eigenvalue weighted by atomic mass is 19.1. The number of piperidine rings is 1. The lowest BCUT2D eigenvalue weighted by molar-refractivity contribution is -0.142. The minimum Gasteiger partial charge on any atom is -0.497 e. The second-order valence-corrected chi connectivity index (χ2v) is 13.7. The average Bonchev–Trinajstić information content (AvgIpc) is 3.76. The van der Waals surface area contributed by atoms with Crippen molar-refractivity contribution in [1.82, 2.24) is 9.80 Å². The summed E-state index contributed by atoms with van der Waals surface area (Å²) in [6.45, 7) is 8.50. The van der Waals surface area contributed by atoms with Crippen LogP contribution in [0.4, 0.5) is 10.1 Å². The smallest absolute Gasteiger partial charge is 0.306 e. The Hall–Kier alpha value is -3.13. The van der Waals surface area contributed by atoms with Gasteiger partial charge in [0.05, 0.1) is 18.4 Å². The van der Waals surface area contributed by atoms with Crippen molar-refractivity contribution in [2.24, 2.45) is 17.3 Å². The molecule has 8 heteroatoms. The van der Waals surface area contributed by atoms with E-state index in [1.165, 1.54) is 37.3 Å². The summed E-state index contributed by atoms with van der Waals surface area (Å²) in [5.74, 6) is 0.0596. The molecule has 3 heterocycles. The minimum atomic E-state index is -0.752. The molecule has 6 rings (SSSR count). The van der Waals surface area contributed by atoms with Gasteiger partial charge in [-0.3, -0.25) is 14.5 Å². The van der Waals surface area contributed by atoms with Crippen LogP contribution in [0.5, 0.6) is 5.75 Å². The number of carbonyl (C=O) groups excluding carboxylic acids is 1. The molecule has 3 aliphatic heterocycles. The predicted octanol–water partition coefficient (Wildman–Crippen LogP) is 5.75. The summed E-state index contributed by atoms with van der Waals surface area (Å²) in [6, 6.07) is 13.8. The molecule has 0 spiro atoms. The van der Waals surface area contributed by atoms with Gasteiger partial charge in [-0.1, -0.05) is 38.0 Å². The first-order valence-corrected chi connectivity index (χ1v) is 16.1. The largest absolute Gasteiger partial charge is 0.497 e. The zero-order valence-electron chi connectivity index (χ0n) is 25.8. The van der Waals surface area contributed by atoms with E-state index in [2.05, 4.69) is 40.7 Å². The molecule has 0 bridgehead atoms. The van der Waals surface area contributed by atoms with Crippen molar-refractivity contribution in [2.75, 3.05) is 51.3 Å².